The first-order chi connectivity index (χ1) is 11.2. The van der Waals surface area contributed by atoms with Crippen LogP contribution < -0.4 is 5.32 Å². The molecule has 1 unspecified atom stereocenters. The molecule has 2 N–H and O–H groups in total. The number of aryl methyl sites for hydroxylation is 1. The number of likely N-dealkylation sites (N-methyl/N-ethyl adjacent to an activating group) is 1. The largest absolute Gasteiger partial charge is 0.343 e. The molecule has 0 radical (unpaired) electrons. The van der Waals surface area contributed by atoms with E-state index < -0.39 is 0 Å². The number of hydrogen-bond acceptors (Lipinski definition) is 3. The van der Waals surface area contributed by atoms with Gasteiger partial charge in [0, 0.05) is 24.3 Å². The van der Waals surface area contributed by atoms with E-state index >= 15 is 0 Å². The van der Waals surface area contributed by atoms with Crippen LogP contribution in [0.4, 0.5) is 0 Å². The number of hydrogen-bond donors (Lipinski definition) is 2. The van der Waals surface area contributed by atoms with Crippen LogP contribution in [0.1, 0.15) is 51.8 Å². The van der Waals surface area contributed by atoms with Gasteiger partial charge in [0.15, 0.2) is 5.69 Å². The topological polar surface area (TPSA) is 61.0 Å². The lowest BCUT2D eigenvalue weighted by molar-refractivity contribution is 0.0916. The van der Waals surface area contributed by atoms with Crippen LogP contribution in [0.2, 0.25) is 0 Å². The molecule has 23 heavy (non-hydrogen) atoms. The van der Waals surface area contributed by atoms with Crippen LogP contribution in [0.25, 0.3) is 0 Å². The van der Waals surface area contributed by atoms with Gasteiger partial charge in [-0.1, -0.05) is 24.3 Å². The minimum Gasteiger partial charge on any atom is -0.343 e. The predicted octanol–water partition coefficient (Wildman–Crippen LogP) is 2.21. The summed E-state index contributed by atoms with van der Waals surface area (Å²) in [7, 11) is 2.09. The quantitative estimate of drug-likeness (QED) is 0.894. The molecule has 5 heteroatoms. The van der Waals surface area contributed by atoms with Crippen molar-refractivity contribution in [2.45, 2.75) is 38.3 Å². The minimum atomic E-state index is -0.0560. The summed E-state index contributed by atoms with van der Waals surface area (Å²) in [6, 6.07) is 8.38. The summed E-state index contributed by atoms with van der Waals surface area (Å²) in [5, 5.41) is 10.5. The maximum atomic E-state index is 12.8. The van der Waals surface area contributed by atoms with Crippen LogP contribution in [-0.4, -0.2) is 34.6 Å². The number of amides is 1. The lowest BCUT2D eigenvalue weighted by Gasteiger charge is -2.32. The van der Waals surface area contributed by atoms with Crippen molar-refractivity contribution in [2.75, 3.05) is 13.6 Å². The third-order valence-electron chi connectivity index (χ3n) is 4.94. The number of aromatic amines is 1. The molecule has 1 aromatic heterocycles. The molecule has 0 fully saturated rings. The van der Waals surface area contributed by atoms with E-state index in [4.69, 9.17) is 0 Å². The molecule has 0 saturated heterocycles. The zero-order valence-electron chi connectivity index (χ0n) is 13.4. The van der Waals surface area contributed by atoms with Crippen molar-refractivity contribution in [3.63, 3.8) is 0 Å². The first-order valence-corrected chi connectivity index (χ1v) is 8.35. The van der Waals surface area contributed by atoms with Gasteiger partial charge in [-0.2, -0.15) is 5.10 Å². The molecule has 1 atom stereocenters. The van der Waals surface area contributed by atoms with Crippen molar-refractivity contribution in [1.29, 1.82) is 0 Å². The Hall–Kier alpha value is -2.14. The van der Waals surface area contributed by atoms with Crippen LogP contribution in [0, 0.1) is 0 Å². The van der Waals surface area contributed by atoms with E-state index in [2.05, 4.69) is 45.7 Å². The number of H-pyrrole nitrogens is 1. The molecular formula is C18H22N4O. The second kappa shape index (κ2) is 5.81. The van der Waals surface area contributed by atoms with Gasteiger partial charge in [0.1, 0.15) is 0 Å². The Balaban J connectivity index is 1.59. The number of rotatable bonds is 2. The Kier molecular flexibility index (Phi) is 3.65. The fourth-order valence-electron chi connectivity index (χ4n) is 3.80. The normalized spacial score (nSPS) is 20.7. The van der Waals surface area contributed by atoms with Crippen LogP contribution in [0.3, 0.4) is 0 Å². The van der Waals surface area contributed by atoms with Crippen LogP contribution in [-0.2, 0) is 19.4 Å². The molecule has 4 rings (SSSR count). The molecule has 1 aromatic carbocycles. The highest BCUT2D eigenvalue weighted by atomic mass is 16.2. The Morgan fingerprint density at radius 2 is 2.13 bits per heavy atom. The third-order valence-corrected chi connectivity index (χ3v) is 4.94. The summed E-state index contributed by atoms with van der Waals surface area (Å²) in [5.41, 5.74) is 5.36. The van der Waals surface area contributed by atoms with Crippen molar-refractivity contribution < 1.29 is 4.79 Å². The molecule has 0 bridgehead atoms. The van der Waals surface area contributed by atoms with Crippen molar-refractivity contribution in [3.05, 3.63) is 52.3 Å². The second-order valence-corrected chi connectivity index (χ2v) is 6.66. The van der Waals surface area contributed by atoms with E-state index in [1.807, 2.05) is 6.07 Å². The second-order valence-electron chi connectivity index (χ2n) is 6.66. The van der Waals surface area contributed by atoms with Crippen molar-refractivity contribution in [3.8, 4) is 0 Å². The van der Waals surface area contributed by atoms with E-state index in [0.29, 0.717) is 5.69 Å². The lowest BCUT2D eigenvalue weighted by atomic mass is 9.94. The number of carbonyl (C=O) groups excluding carboxylic acids is 1. The average Bonchev–Trinajstić information content (AvgIpc) is 2.99. The maximum absolute atomic E-state index is 12.8. The van der Waals surface area contributed by atoms with Crippen molar-refractivity contribution >= 4 is 5.91 Å². The number of nitrogens with zero attached hydrogens (tertiary/aromatic N) is 2. The van der Waals surface area contributed by atoms with Crippen molar-refractivity contribution in [1.82, 2.24) is 20.4 Å². The molecule has 1 aliphatic carbocycles. The highest BCUT2D eigenvalue weighted by Gasteiger charge is 2.27. The summed E-state index contributed by atoms with van der Waals surface area (Å²) < 4.78 is 0. The molecule has 120 valence electrons. The summed E-state index contributed by atoms with van der Waals surface area (Å²) >= 11 is 0. The summed E-state index contributed by atoms with van der Waals surface area (Å²) in [5.74, 6) is -0.0560. The van der Waals surface area contributed by atoms with E-state index in [1.165, 1.54) is 17.5 Å². The maximum Gasteiger partial charge on any atom is 0.272 e. The fraction of sp³-hybridized carbons (Fsp3) is 0.444. The van der Waals surface area contributed by atoms with Crippen molar-refractivity contribution in [2.24, 2.45) is 0 Å². The number of carbonyl (C=O) groups is 1. The molecule has 2 aliphatic rings. The summed E-state index contributed by atoms with van der Waals surface area (Å²) in [6.45, 7) is 1.76. The Morgan fingerprint density at radius 1 is 1.30 bits per heavy atom. The predicted molar refractivity (Wildman–Crippen MR) is 88.2 cm³/mol. The van der Waals surface area contributed by atoms with E-state index in [1.54, 1.807) is 0 Å². The van der Waals surface area contributed by atoms with Gasteiger partial charge in [-0.15, -0.1) is 0 Å². The highest BCUT2D eigenvalue weighted by molar-refractivity contribution is 5.94. The average molecular weight is 310 g/mol. The van der Waals surface area contributed by atoms with Gasteiger partial charge < -0.3 is 5.32 Å². The Bertz CT molecular complexity index is 736. The highest BCUT2D eigenvalue weighted by Crippen LogP contribution is 2.27. The summed E-state index contributed by atoms with van der Waals surface area (Å²) in [6.07, 6.45) is 4.28. The van der Waals surface area contributed by atoms with Gasteiger partial charge in [0.2, 0.25) is 0 Å². The zero-order chi connectivity index (χ0) is 15.8. The molecule has 0 spiro atoms. The van der Waals surface area contributed by atoms with Crippen LogP contribution >= 0.6 is 0 Å². The molecule has 1 amide bonds. The number of fused-ring (bicyclic) bond motifs is 2. The van der Waals surface area contributed by atoms with Crippen LogP contribution in [0.15, 0.2) is 24.3 Å². The monoisotopic (exact) mass is 310 g/mol. The first kappa shape index (κ1) is 14.5. The number of nitrogens with one attached hydrogen (secondary N) is 2. The number of aromatic nitrogens is 2. The van der Waals surface area contributed by atoms with Gasteiger partial charge in [-0.05, 0) is 43.9 Å². The molecular weight excluding hydrogens is 288 g/mol. The molecule has 2 aromatic rings. The smallest absolute Gasteiger partial charge is 0.272 e. The third kappa shape index (κ3) is 2.65. The van der Waals surface area contributed by atoms with Gasteiger partial charge in [-0.25, -0.2) is 0 Å². The first-order valence-electron chi connectivity index (χ1n) is 8.35. The van der Waals surface area contributed by atoms with E-state index in [0.717, 1.165) is 43.6 Å². The van der Waals surface area contributed by atoms with Gasteiger partial charge in [0.25, 0.3) is 5.91 Å². The molecule has 5 nitrogen and oxygen atoms in total. The van der Waals surface area contributed by atoms with Gasteiger partial charge in [0.05, 0.1) is 6.04 Å². The minimum absolute atomic E-state index is 0.0217. The van der Waals surface area contributed by atoms with E-state index in [9.17, 15) is 4.79 Å². The summed E-state index contributed by atoms with van der Waals surface area (Å²) in [4.78, 5) is 15.0. The lowest BCUT2D eigenvalue weighted by Crippen LogP contribution is -2.40. The Labute approximate surface area is 136 Å². The molecule has 0 saturated carbocycles. The SMILES string of the molecule is CN1Cc2ccccc2C(NC(=O)c2n[nH]c3c2CCCC3)C1. The van der Waals surface area contributed by atoms with E-state index in [-0.39, 0.29) is 11.9 Å². The standard InChI is InChI=1S/C18H22N4O/c1-22-10-12-6-2-3-7-13(12)16(11-22)19-18(23)17-14-8-4-5-9-15(14)20-21-17/h2-3,6-7,16H,4-5,8-11H2,1H3,(H,19,23)(H,20,21). The zero-order valence-corrected chi connectivity index (χ0v) is 13.4. The Morgan fingerprint density at radius 3 is 3.04 bits per heavy atom. The molecule has 1 aliphatic heterocycles. The van der Waals surface area contributed by atoms with Gasteiger partial charge >= 0.3 is 0 Å². The fourth-order valence-corrected chi connectivity index (χ4v) is 3.80. The van der Waals surface area contributed by atoms with Gasteiger partial charge in [-0.3, -0.25) is 14.8 Å². The van der Waals surface area contributed by atoms with Crippen LogP contribution in [0.5, 0.6) is 0 Å². The molecule has 2 heterocycles. The number of benzene rings is 1.